The molecule has 0 spiro atoms. The molecular weight excluding hydrogens is 378 g/mol. The van der Waals surface area contributed by atoms with Crippen LogP contribution in [0.25, 0.3) is 0 Å². The summed E-state index contributed by atoms with van der Waals surface area (Å²) in [6, 6.07) is 9.55. The highest BCUT2D eigenvalue weighted by Crippen LogP contribution is 2.25. The van der Waals surface area contributed by atoms with Gasteiger partial charge in [0.15, 0.2) is 0 Å². The Bertz CT molecular complexity index is 810. The van der Waals surface area contributed by atoms with Crippen molar-refractivity contribution in [1.82, 2.24) is 15.1 Å². The number of piperazine rings is 1. The van der Waals surface area contributed by atoms with Crippen LogP contribution in [0.5, 0.6) is 0 Å². The first kappa shape index (κ1) is 20.1. The maximum atomic E-state index is 12.2. The fourth-order valence-corrected chi connectivity index (χ4v) is 3.56. The number of anilines is 2. The molecule has 1 aromatic carbocycles. The van der Waals surface area contributed by atoms with Gasteiger partial charge < -0.3 is 19.9 Å². The predicted molar refractivity (Wildman–Crippen MR) is 109 cm³/mol. The largest absolute Gasteiger partial charge is 0.444 e. The summed E-state index contributed by atoms with van der Waals surface area (Å²) in [4.78, 5) is 28.1. The molecule has 9 heteroatoms. The summed E-state index contributed by atoms with van der Waals surface area (Å²) in [7, 11) is 0. The summed E-state index contributed by atoms with van der Waals surface area (Å²) in [5.74, 6) is -0.122. The van der Waals surface area contributed by atoms with E-state index in [9.17, 15) is 9.59 Å². The van der Waals surface area contributed by atoms with Crippen molar-refractivity contribution in [2.75, 3.05) is 36.4 Å². The van der Waals surface area contributed by atoms with E-state index in [-0.39, 0.29) is 12.0 Å². The van der Waals surface area contributed by atoms with Gasteiger partial charge in [0.05, 0.1) is 6.42 Å². The number of carbonyl (C=O) groups excluding carboxylic acids is 2. The van der Waals surface area contributed by atoms with Gasteiger partial charge in [0.25, 0.3) is 0 Å². The van der Waals surface area contributed by atoms with E-state index in [0.717, 1.165) is 10.7 Å². The summed E-state index contributed by atoms with van der Waals surface area (Å²) < 4.78 is 5.41. The molecule has 0 saturated carbocycles. The van der Waals surface area contributed by atoms with Gasteiger partial charge in [0, 0.05) is 26.2 Å². The Morgan fingerprint density at radius 1 is 1.11 bits per heavy atom. The minimum atomic E-state index is -0.500. The number of benzene rings is 1. The number of aromatic nitrogens is 2. The van der Waals surface area contributed by atoms with Crippen LogP contribution in [0.4, 0.5) is 15.1 Å². The summed E-state index contributed by atoms with van der Waals surface area (Å²) in [6.07, 6.45) is 0.00269. The molecule has 0 radical (unpaired) electrons. The van der Waals surface area contributed by atoms with Crippen LogP contribution in [0.15, 0.2) is 30.3 Å². The van der Waals surface area contributed by atoms with Crippen LogP contribution in [0.2, 0.25) is 0 Å². The number of ether oxygens (including phenoxy) is 1. The minimum absolute atomic E-state index is 0.122. The molecule has 150 valence electrons. The van der Waals surface area contributed by atoms with Gasteiger partial charge in [-0.25, -0.2) is 4.79 Å². The molecule has 8 nitrogen and oxygen atoms in total. The van der Waals surface area contributed by atoms with E-state index in [4.69, 9.17) is 4.74 Å². The predicted octanol–water partition coefficient (Wildman–Crippen LogP) is 2.78. The van der Waals surface area contributed by atoms with E-state index in [1.165, 1.54) is 11.3 Å². The molecular formula is C19H25N5O3S. The van der Waals surface area contributed by atoms with Crippen LogP contribution in [0.1, 0.15) is 26.3 Å². The Hall–Kier alpha value is -2.68. The van der Waals surface area contributed by atoms with Gasteiger partial charge in [-0.3, -0.25) is 4.79 Å². The van der Waals surface area contributed by atoms with Crippen molar-refractivity contribution in [3.05, 3.63) is 35.9 Å². The highest BCUT2D eigenvalue weighted by atomic mass is 32.1. The van der Waals surface area contributed by atoms with E-state index in [0.29, 0.717) is 37.7 Å². The first-order valence-electron chi connectivity index (χ1n) is 9.20. The van der Waals surface area contributed by atoms with Crippen LogP contribution >= 0.6 is 11.3 Å². The maximum Gasteiger partial charge on any atom is 0.410 e. The lowest BCUT2D eigenvalue weighted by atomic mass is 10.1. The second kappa shape index (κ2) is 8.55. The molecule has 0 bridgehead atoms. The molecule has 1 N–H and O–H groups in total. The van der Waals surface area contributed by atoms with Crippen molar-refractivity contribution in [2.24, 2.45) is 0 Å². The number of nitrogens with zero attached hydrogens (tertiary/aromatic N) is 4. The highest BCUT2D eigenvalue weighted by Gasteiger charge is 2.27. The molecule has 28 heavy (non-hydrogen) atoms. The second-order valence-electron chi connectivity index (χ2n) is 7.55. The second-order valence-corrected chi connectivity index (χ2v) is 8.51. The van der Waals surface area contributed by atoms with Gasteiger partial charge in [-0.2, -0.15) is 0 Å². The lowest BCUT2D eigenvalue weighted by Gasteiger charge is -2.35. The molecule has 3 rings (SSSR count). The fraction of sp³-hybridized carbons (Fsp3) is 0.474. The Kier molecular flexibility index (Phi) is 6.13. The van der Waals surface area contributed by atoms with Crippen molar-refractivity contribution >= 4 is 33.6 Å². The van der Waals surface area contributed by atoms with Gasteiger partial charge in [-0.05, 0) is 26.3 Å². The van der Waals surface area contributed by atoms with E-state index < -0.39 is 5.60 Å². The van der Waals surface area contributed by atoms with E-state index in [1.54, 1.807) is 4.90 Å². The van der Waals surface area contributed by atoms with Crippen molar-refractivity contribution in [1.29, 1.82) is 0 Å². The van der Waals surface area contributed by atoms with Crippen LogP contribution in [0.3, 0.4) is 0 Å². The molecule has 0 atom stereocenters. The molecule has 2 heterocycles. The number of hydrogen-bond donors (Lipinski definition) is 1. The summed E-state index contributed by atoms with van der Waals surface area (Å²) in [5.41, 5.74) is 0.448. The first-order chi connectivity index (χ1) is 13.3. The van der Waals surface area contributed by atoms with Gasteiger partial charge in [0.2, 0.25) is 16.2 Å². The maximum absolute atomic E-state index is 12.2. The number of rotatable bonds is 4. The van der Waals surface area contributed by atoms with E-state index >= 15 is 0 Å². The third-order valence-corrected chi connectivity index (χ3v) is 4.97. The number of carbonyl (C=O) groups is 2. The molecule has 1 aliphatic heterocycles. The number of hydrogen-bond acceptors (Lipinski definition) is 7. The molecule has 2 amide bonds. The third kappa shape index (κ3) is 5.66. The van der Waals surface area contributed by atoms with Crippen molar-refractivity contribution in [3.8, 4) is 0 Å². The van der Waals surface area contributed by atoms with Crippen molar-refractivity contribution in [3.63, 3.8) is 0 Å². The smallest absolute Gasteiger partial charge is 0.410 e. The Balaban J connectivity index is 1.49. The zero-order chi connectivity index (χ0) is 20.1. The van der Waals surface area contributed by atoms with Gasteiger partial charge in [-0.15, -0.1) is 10.2 Å². The summed E-state index contributed by atoms with van der Waals surface area (Å²) in [6.45, 7) is 7.98. The third-order valence-electron chi connectivity index (χ3n) is 4.07. The van der Waals surface area contributed by atoms with Crippen LogP contribution in [0, 0.1) is 0 Å². The fourth-order valence-electron chi connectivity index (χ4n) is 2.75. The highest BCUT2D eigenvalue weighted by molar-refractivity contribution is 7.19. The van der Waals surface area contributed by atoms with Crippen LogP contribution in [-0.2, 0) is 16.0 Å². The Morgan fingerprint density at radius 3 is 2.43 bits per heavy atom. The monoisotopic (exact) mass is 403 g/mol. The quantitative estimate of drug-likeness (QED) is 0.845. The van der Waals surface area contributed by atoms with Crippen LogP contribution in [-0.4, -0.2) is 58.9 Å². The molecule has 2 aromatic rings. The minimum Gasteiger partial charge on any atom is -0.444 e. The lowest BCUT2D eigenvalue weighted by Crippen LogP contribution is -2.50. The molecule has 1 aliphatic rings. The Morgan fingerprint density at radius 2 is 1.79 bits per heavy atom. The van der Waals surface area contributed by atoms with Gasteiger partial charge >= 0.3 is 6.09 Å². The normalized spacial score (nSPS) is 14.7. The van der Waals surface area contributed by atoms with Crippen LogP contribution < -0.4 is 10.2 Å². The topological polar surface area (TPSA) is 87.7 Å². The lowest BCUT2D eigenvalue weighted by molar-refractivity contribution is -0.115. The average molecular weight is 404 g/mol. The van der Waals surface area contributed by atoms with E-state index in [1.807, 2.05) is 51.1 Å². The number of nitrogens with one attached hydrogen (secondary N) is 1. The zero-order valence-corrected chi connectivity index (χ0v) is 17.2. The average Bonchev–Trinajstić information content (AvgIpc) is 3.09. The molecule has 1 aromatic heterocycles. The molecule has 0 aliphatic carbocycles. The molecule has 1 saturated heterocycles. The molecule has 0 unspecified atom stereocenters. The summed E-state index contributed by atoms with van der Waals surface area (Å²) in [5, 5.41) is 12.2. The Labute approximate surface area is 168 Å². The first-order valence-corrected chi connectivity index (χ1v) is 10.0. The number of amides is 2. The SMILES string of the molecule is CC(C)(C)OC(=O)N1CCN(c2nnc(NC(=O)Cc3ccccc3)s2)CC1. The van der Waals surface area contributed by atoms with Gasteiger partial charge in [0.1, 0.15) is 5.60 Å². The zero-order valence-electron chi connectivity index (χ0n) is 16.3. The van der Waals surface area contributed by atoms with Gasteiger partial charge in [-0.1, -0.05) is 41.7 Å². The van der Waals surface area contributed by atoms with Crippen molar-refractivity contribution < 1.29 is 14.3 Å². The van der Waals surface area contributed by atoms with E-state index in [2.05, 4.69) is 20.4 Å². The molecule has 1 fully saturated rings. The standard InChI is InChI=1S/C19H25N5O3S/c1-19(2,3)27-18(26)24-11-9-23(10-12-24)17-22-21-16(28-17)20-15(25)13-14-7-5-4-6-8-14/h4-8H,9-13H2,1-3H3,(H,20,21,25). The van der Waals surface area contributed by atoms with Crippen molar-refractivity contribution in [2.45, 2.75) is 32.8 Å². The summed E-state index contributed by atoms with van der Waals surface area (Å²) >= 11 is 1.33.